The lowest BCUT2D eigenvalue weighted by Gasteiger charge is -2.33. The van der Waals surface area contributed by atoms with Gasteiger partial charge in [0.25, 0.3) is 0 Å². The second-order valence-corrected chi connectivity index (χ2v) is 7.80. The number of aromatic nitrogens is 2. The van der Waals surface area contributed by atoms with Crippen LogP contribution in [0.15, 0.2) is 60.8 Å². The molecule has 0 bridgehead atoms. The van der Waals surface area contributed by atoms with Gasteiger partial charge < -0.3 is 10.6 Å². The molecule has 2 N–H and O–H groups in total. The molecule has 30 heavy (non-hydrogen) atoms. The average Bonchev–Trinajstić information content (AvgIpc) is 2.76. The molecule has 0 spiro atoms. The van der Waals surface area contributed by atoms with Crippen molar-refractivity contribution >= 4 is 5.95 Å². The Kier molecular flexibility index (Phi) is 6.67. The zero-order chi connectivity index (χ0) is 20.8. The van der Waals surface area contributed by atoms with Crippen LogP contribution in [0, 0.1) is 5.82 Å². The van der Waals surface area contributed by atoms with Crippen molar-refractivity contribution < 1.29 is 4.39 Å². The van der Waals surface area contributed by atoms with Gasteiger partial charge in [-0.05, 0) is 48.7 Å². The van der Waals surface area contributed by atoms with Crippen molar-refractivity contribution in [3.05, 3.63) is 77.7 Å². The number of hydrogen-bond donors (Lipinski definition) is 2. The summed E-state index contributed by atoms with van der Waals surface area (Å²) in [4.78, 5) is 11.5. The molecule has 5 nitrogen and oxygen atoms in total. The molecular formula is C24H28FN5. The fourth-order valence-electron chi connectivity index (χ4n) is 3.80. The first-order valence-corrected chi connectivity index (χ1v) is 10.5. The molecule has 0 aliphatic carbocycles. The highest BCUT2D eigenvalue weighted by Gasteiger charge is 2.17. The molecular weight excluding hydrogens is 377 g/mol. The van der Waals surface area contributed by atoms with Gasteiger partial charge in [0, 0.05) is 50.5 Å². The fourth-order valence-corrected chi connectivity index (χ4v) is 3.80. The summed E-state index contributed by atoms with van der Waals surface area (Å²) in [6.45, 7) is 7.01. The number of nitrogens with zero attached hydrogens (tertiary/aromatic N) is 3. The van der Waals surface area contributed by atoms with Gasteiger partial charge in [-0.25, -0.2) is 14.4 Å². The standard InChI is InChI=1S/C24H28FN5/c1-18-16-26-12-13-30(18)17-20-5-2-6-21(14-20)23-9-11-28-24(29-23)27-10-8-19-4-3-7-22(25)15-19/h2-7,9,11,14-15,18,26H,8,10,12-13,16-17H2,1H3,(H,27,28,29)/t18-/m0/s1. The molecule has 3 aromatic rings. The Hall–Kier alpha value is -2.83. The number of nitrogens with one attached hydrogen (secondary N) is 2. The molecule has 0 unspecified atom stereocenters. The summed E-state index contributed by atoms with van der Waals surface area (Å²) in [5.41, 5.74) is 4.23. The number of hydrogen-bond acceptors (Lipinski definition) is 5. The van der Waals surface area contributed by atoms with Gasteiger partial charge in [-0.1, -0.05) is 30.3 Å². The van der Waals surface area contributed by atoms with Crippen molar-refractivity contribution in [2.24, 2.45) is 0 Å². The molecule has 2 aromatic carbocycles. The van der Waals surface area contributed by atoms with Crippen LogP contribution in [0.2, 0.25) is 0 Å². The van der Waals surface area contributed by atoms with Crippen LogP contribution in [0.4, 0.5) is 10.3 Å². The topological polar surface area (TPSA) is 53.1 Å². The van der Waals surface area contributed by atoms with Gasteiger partial charge >= 0.3 is 0 Å². The van der Waals surface area contributed by atoms with Gasteiger partial charge in [0.1, 0.15) is 5.82 Å². The summed E-state index contributed by atoms with van der Waals surface area (Å²) in [6.07, 6.45) is 2.49. The lowest BCUT2D eigenvalue weighted by atomic mass is 10.1. The Morgan fingerprint density at radius 1 is 1.13 bits per heavy atom. The van der Waals surface area contributed by atoms with Crippen LogP contribution >= 0.6 is 0 Å². The summed E-state index contributed by atoms with van der Waals surface area (Å²) < 4.78 is 13.3. The lowest BCUT2D eigenvalue weighted by molar-refractivity contribution is 0.165. The van der Waals surface area contributed by atoms with Gasteiger partial charge in [0.05, 0.1) is 5.69 Å². The highest BCUT2D eigenvalue weighted by Crippen LogP contribution is 2.21. The first kappa shape index (κ1) is 20.4. The predicted octanol–water partition coefficient (Wildman–Crippen LogP) is 3.73. The SMILES string of the molecule is C[C@H]1CNCCN1Cc1cccc(-c2ccnc(NCCc3cccc(F)c3)n2)c1. The molecule has 1 fully saturated rings. The van der Waals surface area contributed by atoms with E-state index in [4.69, 9.17) is 0 Å². The number of halogens is 1. The lowest BCUT2D eigenvalue weighted by Crippen LogP contribution is -2.49. The molecule has 1 aromatic heterocycles. The van der Waals surface area contributed by atoms with Crippen molar-refractivity contribution in [1.29, 1.82) is 0 Å². The quantitative estimate of drug-likeness (QED) is 0.627. The molecule has 1 saturated heterocycles. The molecule has 0 saturated carbocycles. The molecule has 1 atom stereocenters. The summed E-state index contributed by atoms with van der Waals surface area (Å²) in [5, 5.41) is 6.69. The highest BCUT2D eigenvalue weighted by molar-refractivity contribution is 5.60. The molecule has 2 heterocycles. The molecule has 0 amide bonds. The van der Waals surface area contributed by atoms with E-state index in [-0.39, 0.29) is 5.82 Å². The summed E-state index contributed by atoms with van der Waals surface area (Å²) in [6, 6.07) is 17.7. The van der Waals surface area contributed by atoms with E-state index in [1.165, 1.54) is 11.6 Å². The van der Waals surface area contributed by atoms with Crippen LogP contribution in [0.5, 0.6) is 0 Å². The Balaban J connectivity index is 1.40. The first-order valence-electron chi connectivity index (χ1n) is 10.5. The van der Waals surface area contributed by atoms with Crippen molar-refractivity contribution in [2.75, 3.05) is 31.5 Å². The Bertz CT molecular complexity index is 977. The molecule has 156 valence electrons. The number of benzene rings is 2. The number of anilines is 1. The van der Waals surface area contributed by atoms with Crippen LogP contribution in [0.3, 0.4) is 0 Å². The zero-order valence-corrected chi connectivity index (χ0v) is 17.3. The highest BCUT2D eigenvalue weighted by atomic mass is 19.1. The van der Waals surface area contributed by atoms with Crippen molar-refractivity contribution in [3.63, 3.8) is 0 Å². The number of piperazine rings is 1. The first-order chi connectivity index (χ1) is 14.7. The molecule has 1 aliphatic rings. The van der Waals surface area contributed by atoms with Gasteiger partial charge in [-0.2, -0.15) is 0 Å². The van der Waals surface area contributed by atoms with Crippen LogP contribution in [-0.4, -0.2) is 47.1 Å². The Morgan fingerprint density at radius 3 is 2.87 bits per heavy atom. The second kappa shape index (κ2) is 9.78. The van der Waals surface area contributed by atoms with E-state index in [0.29, 0.717) is 25.0 Å². The average molecular weight is 406 g/mol. The smallest absolute Gasteiger partial charge is 0.223 e. The molecule has 6 heteroatoms. The van der Waals surface area contributed by atoms with Gasteiger partial charge in [-0.15, -0.1) is 0 Å². The second-order valence-electron chi connectivity index (χ2n) is 7.80. The van der Waals surface area contributed by atoms with E-state index in [0.717, 1.165) is 43.0 Å². The van der Waals surface area contributed by atoms with E-state index in [9.17, 15) is 4.39 Å². The molecule has 4 rings (SSSR count). The summed E-state index contributed by atoms with van der Waals surface area (Å²) in [5.74, 6) is 0.380. The predicted molar refractivity (Wildman–Crippen MR) is 119 cm³/mol. The number of rotatable bonds is 7. The Labute approximate surface area is 177 Å². The maximum absolute atomic E-state index is 13.3. The maximum atomic E-state index is 13.3. The van der Waals surface area contributed by atoms with E-state index >= 15 is 0 Å². The third-order valence-corrected chi connectivity index (χ3v) is 5.49. The normalized spacial score (nSPS) is 17.1. The Morgan fingerprint density at radius 2 is 2.00 bits per heavy atom. The maximum Gasteiger partial charge on any atom is 0.223 e. The molecule has 0 radical (unpaired) electrons. The van der Waals surface area contributed by atoms with Crippen LogP contribution in [0.1, 0.15) is 18.1 Å². The van der Waals surface area contributed by atoms with Gasteiger partial charge in [-0.3, -0.25) is 4.90 Å². The van der Waals surface area contributed by atoms with E-state index in [1.54, 1.807) is 18.3 Å². The third kappa shape index (κ3) is 5.40. The van der Waals surface area contributed by atoms with E-state index in [1.807, 2.05) is 12.1 Å². The monoisotopic (exact) mass is 405 g/mol. The van der Waals surface area contributed by atoms with Crippen LogP contribution in [-0.2, 0) is 13.0 Å². The fraction of sp³-hybridized carbons (Fsp3) is 0.333. The third-order valence-electron chi connectivity index (χ3n) is 5.49. The van der Waals surface area contributed by atoms with E-state index < -0.39 is 0 Å². The summed E-state index contributed by atoms with van der Waals surface area (Å²) in [7, 11) is 0. The summed E-state index contributed by atoms with van der Waals surface area (Å²) >= 11 is 0. The minimum Gasteiger partial charge on any atom is -0.354 e. The minimum absolute atomic E-state index is 0.208. The minimum atomic E-state index is -0.208. The van der Waals surface area contributed by atoms with Crippen LogP contribution in [0.25, 0.3) is 11.3 Å². The zero-order valence-electron chi connectivity index (χ0n) is 17.3. The van der Waals surface area contributed by atoms with Gasteiger partial charge in [0.15, 0.2) is 0 Å². The van der Waals surface area contributed by atoms with E-state index in [2.05, 4.69) is 56.7 Å². The van der Waals surface area contributed by atoms with Crippen molar-refractivity contribution in [3.8, 4) is 11.3 Å². The van der Waals surface area contributed by atoms with Crippen LogP contribution < -0.4 is 10.6 Å². The van der Waals surface area contributed by atoms with Gasteiger partial charge in [0.2, 0.25) is 5.95 Å². The van der Waals surface area contributed by atoms with Crippen molar-refractivity contribution in [2.45, 2.75) is 25.9 Å². The molecule has 1 aliphatic heterocycles. The largest absolute Gasteiger partial charge is 0.354 e. The van der Waals surface area contributed by atoms with Crippen molar-refractivity contribution in [1.82, 2.24) is 20.2 Å².